The molecule has 0 radical (unpaired) electrons. The predicted molar refractivity (Wildman–Crippen MR) is 75.2 cm³/mol. The molecular weight excluding hydrogens is 279 g/mol. The number of hydrogen-bond donors (Lipinski definition) is 1. The van der Waals surface area contributed by atoms with Gasteiger partial charge in [0.15, 0.2) is 5.69 Å². The highest BCUT2D eigenvalue weighted by Crippen LogP contribution is 2.31. The van der Waals surface area contributed by atoms with Gasteiger partial charge in [0.2, 0.25) is 0 Å². The first kappa shape index (κ1) is 14.3. The maximum atomic E-state index is 13.8. The van der Waals surface area contributed by atoms with Gasteiger partial charge < -0.3 is 10.5 Å². The number of carbonyl (C=O) groups is 1. The monoisotopic (exact) mass is 292 g/mol. The van der Waals surface area contributed by atoms with Gasteiger partial charge in [-0.05, 0) is 30.7 Å². The number of nitrogen functional groups attached to an aromatic ring is 1. The molecule has 0 unspecified atom stereocenters. The average molecular weight is 292 g/mol. The Labute approximate surface area is 120 Å². The van der Waals surface area contributed by atoms with E-state index >= 15 is 0 Å². The van der Waals surface area contributed by atoms with Crippen molar-refractivity contribution in [2.75, 3.05) is 12.8 Å². The quantitative estimate of drug-likeness (QED) is 0.881. The molecule has 2 rings (SSSR count). The summed E-state index contributed by atoms with van der Waals surface area (Å²) in [5.74, 6) is -0.897. The molecule has 20 heavy (non-hydrogen) atoms. The van der Waals surface area contributed by atoms with Gasteiger partial charge in [-0.25, -0.2) is 14.2 Å². The topological polar surface area (TPSA) is 65.2 Å². The third-order valence-electron chi connectivity index (χ3n) is 2.59. The molecule has 4 nitrogen and oxygen atoms in total. The molecule has 0 amide bonds. The molecule has 0 aliphatic carbocycles. The molecule has 0 saturated carbocycles. The number of nitrogens with two attached hydrogens (primary N) is 1. The van der Waals surface area contributed by atoms with Crippen molar-refractivity contribution < 1.29 is 13.9 Å². The van der Waals surface area contributed by atoms with E-state index in [4.69, 9.17) is 5.73 Å². The fourth-order valence-electron chi connectivity index (χ4n) is 1.60. The molecule has 0 spiro atoms. The number of pyridine rings is 1. The number of aryl methyl sites for hydroxylation is 1. The standard InChI is InChI=1S/C14H13FN2O2S/c1-8-3-4-12(10(15)5-8)20-9-6-11(16)13(17-7-9)14(18)19-2/h3-7H,16H2,1-2H3. The van der Waals surface area contributed by atoms with Gasteiger partial charge in [0, 0.05) is 16.0 Å². The Morgan fingerprint density at radius 3 is 2.75 bits per heavy atom. The van der Waals surface area contributed by atoms with Crippen molar-refractivity contribution in [1.29, 1.82) is 0 Å². The second kappa shape index (κ2) is 5.92. The van der Waals surface area contributed by atoms with Gasteiger partial charge in [0.1, 0.15) is 5.82 Å². The van der Waals surface area contributed by atoms with Crippen LogP contribution in [0.15, 0.2) is 40.3 Å². The van der Waals surface area contributed by atoms with Gasteiger partial charge in [-0.3, -0.25) is 0 Å². The average Bonchev–Trinajstić information content (AvgIpc) is 2.41. The Morgan fingerprint density at radius 1 is 1.40 bits per heavy atom. The van der Waals surface area contributed by atoms with Crippen LogP contribution in [0.25, 0.3) is 0 Å². The van der Waals surface area contributed by atoms with Crippen molar-refractivity contribution in [3.63, 3.8) is 0 Å². The smallest absolute Gasteiger partial charge is 0.358 e. The zero-order valence-corrected chi connectivity index (χ0v) is 11.8. The van der Waals surface area contributed by atoms with Crippen LogP contribution in [0.5, 0.6) is 0 Å². The van der Waals surface area contributed by atoms with E-state index in [2.05, 4.69) is 9.72 Å². The Bertz CT molecular complexity index is 662. The predicted octanol–water partition coefficient (Wildman–Crippen LogP) is 3.05. The van der Waals surface area contributed by atoms with Crippen LogP contribution in [0.4, 0.5) is 10.1 Å². The maximum Gasteiger partial charge on any atom is 0.358 e. The molecule has 0 aliphatic heterocycles. The lowest BCUT2D eigenvalue weighted by molar-refractivity contribution is 0.0595. The van der Waals surface area contributed by atoms with Crippen LogP contribution in [0, 0.1) is 12.7 Å². The number of hydrogen-bond acceptors (Lipinski definition) is 5. The van der Waals surface area contributed by atoms with E-state index in [1.165, 1.54) is 31.1 Å². The summed E-state index contributed by atoms with van der Waals surface area (Å²) in [4.78, 5) is 16.4. The summed E-state index contributed by atoms with van der Waals surface area (Å²) in [6.07, 6.45) is 1.46. The first-order chi connectivity index (χ1) is 9.51. The molecule has 0 aliphatic rings. The molecule has 1 heterocycles. The summed E-state index contributed by atoms with van der Waals surface area (Å²) in [6.45, 7) is 1.82. The molecular formula is C14H13FN2O2S. The summed E-state index contributed by atoms with van der Waals surface area (Å²) in [7, 11) is 1.26. The minimum absolute atomic E-state index is 0.0567. The summed E-state index contributed by atoms with van der Waals surface area (Å²) in [5.41, 5.74) is 6.86. The molecule has 6 heteroatoms. The van der Waals surface area contributed by atoms with Crippen molar-refractivity contribution in [2.24, 2.45) is 0 Å². The molecule has 104 valence electrons. The van der Waals surface area contributed by atoms with Crippen LogP contribution in [0.2, 0.25) is 0 Å². The lowest BCUT2D eigenvalue weighted by atomic mass is 10.2. The Balaban J connectivity index is 2.26. The Hall–Kier alpha value is -2.08. The highest BCUT2D eigenvalue weighted by Gasteiger charge is 2.13. The van der Waals surface area contributed by atoms with Gasteiger partial charge in [-0.2, -0.15) is 0 Å². The van der Waals surface area contributed by atoms with E-state index in [-0.39, 0.29) is 17.2 Å². The van der Waals surface area contributed by atoms with Gasteiger partial charge in [-0.1, -0.05) is 17.8 Å². The molecule has 1 aromatic heterocycles. The largest absolute Gasteiger partial charge is 0.464 e. The van der Waals surface area contributed by atoms with Crippen molar-refractivity contribution in [2.45, 2.75) is 16.7 Å². The third kappa shape index (κ3) is 3.08. The highest BCUT2D eigenvalue weighted by molar-refractivity contribution is 7.99. The number of methoxy groups -OCH3 is 1. The number of rotatable bonds is 3. The third-order valence-corrected chi connectivity index (χ3v) is 3.60. The lowest BCUT2D eigenvalue weighted by Crippen LogP contribution is -2.08. The SMILES string of the molecule is COC(=O)c1ncc(Sc2ccc(C)cc2F)cc1N. The normalized spacial score (nSPS) is 10.3. The number of benzene rings is 1. The maximum absolute atomic E-state index is 13.8. The van der Waals surface area contributed by atoms with Crippen molar-refractivity contribution in [3.05, 3.63) is 47.5 Å². The number of nitrogens with zero attached hydrogens (tertiary/aromatic N) is 1. The molecule has 1 aromatic carbocycles. The zero-order valence-electron chi connectivity index (χ0n) is 11.0. The Kier molecular flexibility index (Phi) is 4.24. The molecule has 2 N–H and O–H groups in total. The van der Waals surface area contributed by atoms with Crippen LogP contribution in [0.3, 0.4) is 0 Å². The fourth-order valence-corrected chi connectivity index (χ4v) is 2.44. The minimum atomic E-state index is -0.597. The van der Waals surface area contributed by atoms with Crippen molar-refractivity contribution in [1.82, 2.24) is 4.98 Å². The summed E-state index contributed by atoms with van der Waals surface area (Å²) >= 11 is 1.20. The van der Waals surface area contributed by atoms with Gasteiger partial charge in [0.05, 0.1) is 12.8 Å². The van der Waals surface area contributed by atoms with Gasteiger partial charge >= 0.3 is 5.97 Å². The van der Waals surface area contributed by atoms with Gasteiger partial charge in [0.25, 0.3) is 0 Å². The molecule has 0 bridgehead atoms. The first-order valence-corrected chi connectivity index (χ1v) is 6.60. The zero-order chi connectivity index (χ0) is 14.7. The van der Waals surface area contributed by atoms with E-state index in [1.54, 1.807) is 12.1 Å². The van der Waals surface area contributed by atoms with Crippen molar-refractivity contribution >= 4 is 23.4 Å². The minimum Gasteiger partial charge on any atom is -0.464 e. The first-order valence-electron chi connectivity index (χ1n) is 5.79. The van der Waals surface area contributed by atoms with Crippen LogP contribution in [-0.2, 0) is 4.74 Å². The number of carbonyl (C=O) groups excluding carboxylic acids is 1. The van der Waals surface area contributed by atoms with E-state index in [9.17, 15) is 9.18 Å². The lowest BCUT2D eigenvalue weighted by Gasteiger charge is -2.07. The van der Waals surface area contributed by atoms with Crippen LogP contribution < -0.4 is 5.73 Å². The van der Waals surface area contributed by atoms with Crippen LogP contribution in [-0.4, -0.2) is 18.1 Å². The number of ether oxygens (including phenoxy) is 1. The summed E-state index contributed by atoms with van der Waals surface area (Å²) in [6, 6.07) is 6.55. The molecule has 2 aromatic rings. The second-order valence-electron chi connectivity index (χ2n) is 4.14. The number of aromatic nitrogens is 1. The van der Waals surface area contributed by atoms with E-state index in [0.29, 0.717) is 9.79 Å². The van der Waals surface area contributed by atoms with E-state index in [0.717, 1.165) is 5.56 Å². The fraction of sp³-hybridized carbons (Fsp3) is 0.143. The van der Waals surface area contributed by atoms with E-state index in [1.807, 2.05) is 13.0 Å². The summed E-state index contributed by atoms with van der Waals surface area (Å²) < 4.78 is 18.3. The number of esters is 1. The Morgan fingerprint density at radius 2 is 2.15 bits per heavy atom. The summed E-state index contributed by atoms with van der Waals surface area (Å²) in [5, 5.41) is 0. The van der Waals surface area contributed by atoms with Crippen LogP contribution >= 0.6 is 11.8 Å². The second-order valence-corrected chi connectivity index (χ2v) is 5.25. The highest BCUT2D eigenvalue weighted by atomic mass is 32.2. The molecule has 0 saturated heterocycles. The molecule has 0 atom stereocenters. The number of halogens is 1. The van der Waals surface area contributed by atoms with Crippen molar-refractivity contribution in [3.8, 4) is 0 Å². The van der Waals surface area contributed by atoms with Crippen LogP contribution in [0.1, 0.15) is 16.1 Å². The van der Waals surface area contributed by atoms with Gasteiger partial charge in [-0.15, -0.1) is 0 Å². The van der Waals surface area contributed by atoms with E-state index < -0.39 is 5.97 Å². The molecule has 0 fully saturated rings. The number of anilines is 1.